The first-order valence-electron chi connectivity index (χ1n) is 6.44. The first-order valence-corrected chi connectivity index (χ1v) is 6.44. The molecule has 18 heavy (non-hydrogen) atoms. The number of carbonyl (C=O) groups is 1. The Kier molecular flexibility index (Phi) is 4.12. The molecular weight excluding hydrogens is 228 g/mol. The number of aryl methyl sites for hydroxylation is 1. The van der Waals surface area contributed by atoms with Gasteiger partial charge in [-0.3, -0.25) is 4.79 Å². The third kappa shape index (κ3) is 3.42. The van der Waals surface area contributed by atoms with Gasteiger partial charge in [0.05, 0.1) is 0 Å². The van der Waals surface area contributed by atoms with Crippen LogP contribution in [0.15, 0.2) is 12.3 Å². The second-order valence-corrected chi connectivity index (χ2v) is 4.84. The Morgan fingerprint density at radius 2 is 2.44 bits per heavy atom. The molecule has 1 aliphatic heterocycles. The van der Waals surface area contributed by atoms with Crippen LogP contribution in [0, 0.1) is 12.8 Å². The summed E-state index contributed by atoms with van der Waals surface area (Å²) in [5.74, 6) is 2.33. The summed E-state index contributed by atoms with van der Waals surface area (Å²) in [7, 11) is 0. The van der Waals surface area contributed by atoms with Crippen molar-refractivity contribution >= 4 is 11.7 Å². The van der Waals surface area contributed by atoms with Crippen molar-refractivity contribution in [3.63, 3.8) is 0 Å². The standard InChI is InChI=1S/C13H20N4O/c1-10-14-6-5-13(16-10)15-8-12-4-3-7-17(9-12)11(2)18/h5-6,12H,3-4,7-9H2,1-2H3,(H,14,15,16). The maximum absolute atomic E-state index is 11.3. The van der Waals surface area contributed by atoms with Gasteiger partial charge in [0.2, 0.25) is 5.91 Å². The van der Waals surface area contributed by atoms with Gasteiger partial charge in [-0.05, 0) is 31.7 Å². The fourth-order valence-corrected chi connectivity index (χ4v) is 2.32. The molecule has 1 saturated heterocycles. The molecule has 1 aliphatic rings. The largest absolute Gasteiger partial charge is 0.370 e. The normalized spacial score (nSPS) is 19.7. The summed E-state index contributed by atoms with van der Waals surface area (Å²) in [5.41, 5.74) is 0. The van der Waals surface area contributed by atoms with E-state index in [-0.39, 0.29) is 5.91 Å². The van der Waals surface area contributed by atoms with Crippen molar-refractivity contribution in [2.24, 2.45) is 5.92 Å². The molecular formula is C13H20N4O. The summed E-state index contributed by atoms with van der Waals surface area (Å²) >= 11 is 0. The molecule has 5 nitrogen and oxygen atoms in total. The zero-order valence-electron chi connectivity index (χ0n) is 11.0. The Morgan fingerprint density at radius 1 is 1.61 bits per heavy atom. The van der Waals surface area contributed by atoms with Crippen molar-refractivity contribution in [3.05, 3.63) is 18.1 Å². The number of nitrogens with zero attached hydrogens (tertiary/aromatic N) is 3. The van der Waals surface area contributed by atoms with E-state index in [1.54, 1.807) is 13.1 Å². The zero-order valence-corrected chi connectivity index (χ0v) is 11.0. The van der Waals surface area contributed by atoms with E-state index in [1.165, 1.54) is 6.42 Å². The number of rotatable bonds is 3. The van der Waals surface area contributed by atoms with E-state index >= 15 is 0 Å². The Labute approximate surface area is 108 Å². The van der Waals surface area contributed by atoms with Crippen LogP contribution in [0.3, 0.4) is 0 Å². The molecule has 0 aromatic carbocycles. The van der Waals surface area contributed by atoms with Crippen molar-refractivity contribution in [1.29, 1.82) is 0 Å². The lowest BCUT2D eigenvalue weighted by Crippen LogP contribution is -2.40. The Balaban J connectivity index is 1.84. The number of piperidine rings is 1. The lowest BCUT2D eigenvalue weighted by molar-refractivity contribution is -0.130. The molecule has 0 radical (unpaired) electrons. The zero-order chi connectivity index (χ0) is 13.0. The van der Waals surface area contributed by atoms with Gasteiger partial charge in [0.25, 0.3) is 0 Å². The highest BCUT2D eigenvalue weighted by molar-refractivity contribution is 5.73. The monoisotopic (exact) mass is 248 g/mol. The molecule has 1 aromatic heterocycles. The molecule has 1 atom stereocenters. The third-order valence-electron chi connectivity index (χ3n) is 3.31. The van der Waals surface area contributed by atoms with Gasteiger partial charge in [0.1, 0.15) is 11.6 Å². The lowest BCUT2D eigenvalue weighted by Gasteiger charge is -2.32. The minimum atomic E-state index is 0.178. The highest BCUT2D eigenvalue weighted by atomic mass is 16.2. The lowest BCUT2D eigenvalue weighted by atomic mass is 9.98. The highest BCUT2D eigenvalue weighted by Crippen LogP contribution is 2.17. The van der Waals surface area contributed by atoms with Crippen LogP contribution >= 0.6 is 0 Å². The van der Waals surface area contributed by atoms with E-state index in [0.29, 0.717) is 5.92 Å². The fraction of sp³-hybridized carbons (Fsp3) is 0.615. The molecule has 5 heteroatoms. The summed E-state index contributed by atoms with van der Waals surface area (Å²) in [6.07, 6.45) is 4.02. The van der Waals surface area contributed by atoms with E-state index in [0.717, 1.165) is 37.7 Å². The van der Waals surface area contributed by atoms with Crippen LogP contribution in [0.25, 0.3) is 0 Å². The van der Waals surface area contributed by atoms with Crippen LogP contribution in [0.5, 0.6) is 0 Å². The highest BCUT2D eigenvalue weighted by Gasteiger charge is 2.21. The molecule has 1 amide bonds. The van der Waals surface area contributed by atoms with Crippen LogP contribution < -0.4 is 5.32 Å². The van der Waals surface area contributed by atoms with E-state index in [4.69, 9.17) is 0 Å². The minimum Gasteiger partial charge on any atom is -0.370 e. The van der Waals surface area contributed by atoms with E-state index in [2.05, 4.69) is 15.3 Å². The number of hydrogen-bond donors (Lipinski definition) is 1. The maximum Gasteiger partial charge on any atom is 0.219 e. The smallest absolute Gasteiger partial charge is 0.219 e. The summed E-state index contributed by atoms with van der Waals surface area (Å²) in [4.78, 5) is 21.7. The number of anilines is 1. The molecule has 0 saturated carbocycles. The van der Waals surface area contributed by atoms with E-state index < -0.39 is 0 Å². The molecule has 0 bridgehead atoms. The number of likely N-dealkylation sites (tertiary alicyclic amines) is 1. The van der Waals surface area contributed by atoms with Crippen LogP contribution in [0.1, 0.15) is 25.6 Å². The molecule has 2 heterocycles. The number of carbonyl (C=O) groups excluding carboxylic acids is 1. The number of nitrogens with one attached hydrogen (secondary N) is 1. The van der Waals surface area contributed by atoms with Crippen molar-refractivity contribution in [1.82, 2.24) is 14.9 Å². The molecule has 2 rings (SSSR count). The molecule has 1 aromatic rings. The minimum absolute atomic E-state index is 0.178. The van der Waals surface area contributed by atoms with Gasteiger partial charge in [-0.15, -0.1) is 0 Å². The summed E-state index contributed by atoms with van der Waals surface area (Å²) in [6.45, 7) is 6.14. The van der Waals surface area contributed by atoms with E-state index in [9.17, 15) is 4.79 Å². The predicted molar refractivity (Wildman–Crippen MR) is 70.2 cm³/mol. The molecule has 1 N–H and O–H groups in total. The first-order chi connectivity index (χ1) is 8.65. The second-order valence-electron chi connectivity index (χ2n) is 4.84. The van der Waals surface area contributed by atoms with Crippen molar-refractivity contribution in [2.45, 2.75) is 26.7 Å². The van der Waals surface area contributed by atoms with Gasteiger partial charge < -0.3 is 10.2 Å². The molecule has 0 spiro atoms. The second kappa shape index (κ2) is 5.80. The predicted octanol–water partition coefficient (Wildman–Crippen LogP) is 1.46. The average Bonchev–Trinajstić information content (AvgIpc) is 2.37. The van der Waals surface area contributed by atoms with Crippen LogP contribution in [0.2, 0.25) is 0 Å². The average molecular weight is 248 g/mol. The third-order valence-corrected chi connectivity index (χ3v) is 3.31. The Morgan fingerprint density at radius 3 is 3.17 bits per heavy atom. The number of hydrogen-bond acceptors (Lipinski definition) is 4. The number of aromatic nitrogens is 2. The van der Waals surface area contributed by atoms with Crippen LogP contribution in [0.4, 0.5) is 5.82 Å². The maximum atomic E-state index is 11.3. The summed E-state index contributed by atoms with van der Waals surface area (Å²) < 4.78 is 0. The van der Waals surface area contributed by atoms with Crippen LogP contribution in [-0.4, -0.2) is 40.4 Å². The molecule has 0 aliphatic carbocycles. The first kappa shape index (κ1) is 12.8. The topological polar surface area (TPSA) is 58.1 Å². The SMILES string of the molecule is CC(=O)N1CCCC(CNc2ccnc(C)n2)C1. The van der Waals surface area contributed by atoms with Gasteiger partial charge in [-0.1, -0.05) is 0 Å². The van der Waals surface area contributed by atoms with Crippen molar-refractivity contribution < 1.29 is 4.79 Å². The van der Waals surface area contributed by atoms with Crippen molar-refractivity contribution in [3.8, 4) is 0 Å². The summed E-state index contributed by atoms with van der Waals surface area (Å²) in [6, 6.07) is 1.87. The quantitative estimate of drug-likeness (QED) is 0.879. The molecule has 1 unspecified atom stereocenters. The van der Waals surface area contributed by atoms with Gasteiger partial charge in [0.15, 0.2) is 0 Å². The fourth-order valence-electron chi connectivity index (χ4n) is 2.32. The van der Waals surface area contributed by atoms with E-state index in [1.807, 2.05) is 17.9 Å². The van der Waals surface area contributed by atoms with Gasteiger partial charge in [-0.25, -0.2) is 9.97 Å². The Bertz CT molecular complexity index is 421. The van der Waals surface area contributed by atoms with Gasteiger partial charge >= 0.3 is 0 Å². The number of amides is 1. The van der Waals surface area contributed by atoms with Crippen molar-refractivity contribution in [2.75, 3.05) is 25.0 Å². The summed E-state index contributed by atoms with van der Waals surface area (Å²) in [5, 5.41) is 3.33. The Hall–Kier alpha value is -1.65. The van der Waals surface area contributed by atoms with Gasteiger partial charge in [-0.2, -0.15) is 0 Å². The molecule has 1 fully saturated rings. The van der Waals surface area contributed by atoms with Crippen LogP contribution in [-0.2, 0) is 4.79 Å². The van der Waals surface area contributed by atoms with Gasteiger partial charge in [0, 0.05) is 32.8 Å². The molecule has 98 valence electrons.